The molecule has 2 unspecified atom stereocenters. The van der Waals surface area contributed by atoms with Crippen molar-refractivity contribution < 1.29 is 19.4 Å². The smallest absolute Gasteiger partial charge is 0.329 e. The van der Waals surface area contributed by atoms with E-state index in [4.69, 9.17) is 9.84 Å². The Morgan fingerprint density at radius 2 is 2.27 bits per heavy atom. The first-order valence-corrected chi connectivity index (χ1v) is 4.96. The maximum atomic E-state index is 11.6. The Morgan fingerprint density at radius 3 is 2.80 bits per heavy atom. The first-order chi connectivity index (χ1) is 7.07. The molecule has 0 saturated carbocycles. The summed E-state index contributed by atoms with van der Waals surface area (Å²) in [6.07, 6.45) is -0.473. The average molecular weight is 216 g/mol. The van der Waals surface area contributed by atoms with Crippen LogP contribution in [-0.2, 0) is 9.53 Å². The van der Waals surface area contributed by atoms with Gasteiger partial charge in [-0.1, -0.05) is 0 Å². The first-order valence-electron chi connectivity index (χ1n) is 4.96. The summed E-state index contributed by atoms with van der Waals surface area (Å²) >= 11 is 0. The Balaban J connectivity index is 2.74. The van der Waals surface area contributed by atoms with Crippen LogP contribution in [0.25, 0.3) is 0 Å². The number of ether oxygens (including phenoxy) is 1. The Kier molecular flexibility index (Phi) is 3.90. The zero-order valence-electron chi connectivity index (χ0n) is 8.90. The van der Waals surface area contributed by atoms with Crippen molar-refractivity contribution in [3.05, 3.63) is 0 Å². The molecule has 0 radical (unpaired) electrons. The van der Waals surface area contributed by atoms with Gasteiger partial charge >= 0.3 is 12.0 Å². The summed E-state index contributed by atoms with van der Waals surface area (Å²) in [5, 5.41) is 11.6. The summed E-state index contributed by atoms with van der Waals surface area (Å²) in [5.41, 5.74) is 0. The minimum absolute atomic E-state index is 0.313. The van der Waals surface area contributed by atoms with Gasteiger partial charge in [0.05, 0.1) is 12.7 Å². The number of carbonyl (C=O) groups excluding carboxylic acids is 1. The fourth-order valence-corrected chi connectivity index (χ4v) is 1.64. The number of nitrogens with zero attached hydrogens (tertiary/aromatic N) is 1. The van der Waals surface area contributed by atoms with Crippen LogP contribution in [0.4, 0.5) is 4.79 Å². The number of hydrogen-bond acceptors (Lipinski definition) is 3. The Bertz CT molecular complexity index is 256. The lowest BCUT2D eigenvalue weighted by Crippen LogP contribution is -2.58. The lowest BCUT2D eigenvalue weighted by atomic mass is 10.1. The van der Waals surface area contributed by atoms with Gasteiger partial charge in [-0.25, -0.2) is 9.59 Å². The van der Waals surface area contributed by atoms with Crippen molar-refractivity contribution in [1.82, 2.24) is 10.2 Å². The van der Waals surface area contributed by atoms with Crippen LogP contribution in [0, 0.1) is 0 Å². The van der Waals surface area contributed by atoms with Crippen LogP contribution in [-0.4, -0.2) is 53.8 Å². The highest BCUT2D eigenvalue weighted by molar-refractivity contribution is 5.83. The highest BCUT2D eigenvalue weighted by Gasteiger charge is 2.37. The molecular formula is C9H16N2O4. The molecule has 0 aromatic rings. The molecule has 1 rings (SSSR count). The number of carboxylic acids is 1. The van der Waals surface area contributed by atoms with E-state index in [0.29, 0.717) is 19.7 Å². The van der Waals surface area contributed by atoms with Crippen molar-refractivity contribution >= 4 is 12.0 Å². The molecule has 2 atom stereocenters. The molecule has 0 bridgehead atoms. The standard InChI is InChI=1S/C9H16N2O4/c1-3-10-9(14)11-4-5-15-6(2)7(11)8(12)13/h6-7H,3-5H2,1-2H3,(H,10,14)(H,12,13). The van der Waals surface area contributed by atoms with E-state index in [2.05, 4.69) is 5.32 Å². The second kappa shape index (κ2) is 4.97. The average Bonchev–Trinajstić information content (AvgIpc) is 2.17. The topological polar surface area (TPSA) is 78.9 Å². The van der Waals surface area contributed by atoms with Gasteiger partial charge in [0.2, 0.25) is 0 Å². The summed E-state index contributed by atoms with van der Waals surface area (Å²) in [6.45, 7) is 4.62. The monoisotopic (exact) mass is 216 g/mol. The number of morpholine rings is 1. The molecule has 0 spiro atoms. The molecule has 6 nitrogen and oxygen atoms in total. The van der Waals surface area contributed by atoms with Crippen LogP contribution in [0.2, 0.25) is 0 Å². The van der Waals surface area contributed by atoms with Gasteiger partial charge in [0.15, 0.2) is 6.04 Å². The Morgan fingerprint density at radius 1 is 1.60 bits per heavy atom. The molecule has 1 aliphatic rings. The lowest BCUT2D eigenvalue weighted by molar-refractivity contribution is -0.152. The van der Waals surface area contributed by atoms with Crippen LogP contribution < -0.4 is 5.32 Å². The molecule has 1 heterocycles. The van der Waals surface area contributed by atoms with E-state index in [-0.39, 0.29) is 6.03 Å². The van der Waals surface area contributed by atoms with E-state index in [0.717, 1.165) is 0 Å². The number of urea groups is 1. The van der Waals surface area contributed by atoms with Crippen LogP contribution in [0.15, 0.2) is 0 Å². The van der Waals surface area contributed by atoms with Crippen molar-refractivity contribution in [2.75, 3.05) is 19.7 Å². The molecule has 2 N–H and O–H groups in total. The van der Waals surface area contributed by atoms with Gasteiger partial charge in [-0.15, -0.1) is 0 Å². The van der Waals surface area contributed by atoms with Gasteiger partial charge in [-0.2, -0.15) is 0 Å². The van der Waals surface area contributed by atoms with Gasteiger partial charge < -0.3 is 20.1 Å². The van der Waals surface area contributed by atoms with Crippen molar-refractivity contribution in [2.45, 2.75) is 26.0 Å². The number of rotatable bonds is 2. The van der Waals surface area contributed by atoms with E-state index in [1.54, 1.807) is 13.8 Å². The molecule has 1 saturated heterocycles. The second-order valence-electron chi connectivity index (χ2n) is 3.39. The predicted molar refractivity (Wildman–Crippen MR) is 52.6 cm³/mol. The first kappa shape index (κ1) is 11.8. The summed E-state index contributed by atoms with van der Waals surface area (Å²) < 4.78 is 5.21. The third kappa shape index (κ3) is 2.59. The maximum Gasteiger partial charge on any atom is 0.329 e. The molecule has 0 aromatic carbocycles. The zero-order chi connectivity index (χ0) is 11.4. The molecule has 6 heteroatoms. The Hall–Kier alpha value is -1.30. The number of hydrogen-bond donors (Lipinski definition) is 2. The van der Waals surface area contributed by atoms with Crippen LogP contribution in [0.3, 0.4) is 0 Å². The van der Waals surface area contributed by atoms with E-state index in [9.17, 15) is 9.59 Å². The summed E-state index contributed by atoms with van der Waals surface area (Å²) in [7, 11) is 0. The van der Waals surface area contributed by atoms with Crippen LogP contribution in [0.5, 0.6) is 0 Å². The highest BCUT2D eigenvalue weighted by Crippen LogP contribution is 2.14. The summed E-state index contributed by atoms with van der Waals surface area (Å²) in [4.78, 5) is 23.8. The minimum atomic E-state index is -1.03. The largest absolute Gasteiger partial charge is 0.480 e. The van der Waals surface area contributed by atoms with E-state index >= 15 is 0 Å². The summed E-state index contributed by atoms with van der Waals surface area (Å²) in [6, 6.07) is -1.25. The fourth-order valence-electron chi connectivity index (χ4n) is 1.64. The van der Waals surface area contributed by atoms with Crippen molar-refractivity contribution in [1.29, 1.82) is 0 Å². The fraction of sp³-hybridized carbons (Fsp3) is 0.778. The molecule has 1 fully saturated rings. The number of amides is 2. The van der Waals surface area contributed by atoms with E-state index in [1.807, 2.05) is 0 Å². The third-order valence-electron chi connectivity index (χ3n) is 2.34. The van der Waals surface area contributed by atoms with Gasteiger partial charge in [0.25, 0.3) is 0 Å². The van der Waals surface area contributed by atoms with Gasteiger partial charge in [0.1, 0.15) is 0 Å². The number of nitrogens with one attached hydrogen (secondary N) is 1. The van der Waals surface area contributed by atoms with Gasteiger partial charge in [-0.05, 0) is 13.8 Å². The molecule has 15 heavy (non-hydrogen) atoms. The molecule has 2 amide bonds. The number of aliphatic carboxylic acids is 1. The number of carboxylic acid groups (broad SMARTS) is 1. The zero-order valence-corrected chi connectivity index (χ0v) is 8.90. The van der Waals surface area contributed by atoms with Crippen molar-refractivity contribution in [2.24, 2.45) is 0 Å². The summed E-state index contributed by atoms with van der Waals surface area (Å²) in [5.74, 6) is -1.03. The van der Waals surface area contributed by atoms with Crippen molar-refractivity contribution in [3.63, 3.8) is 0 Å². The number of carbonyl (C=O) groups is 2. The van der Waals surface area contributed by atoms with Gasteiger partial charge in [0, 0.05) is 13.1 Å². The maximum absolute atomic E-state index is 11.6. The molecule has 1 aliphatic heterocycles. The predicted octanol–water partition coefficient (Wildman–Crippen LogP) is -0.110. The normalized spacial score (nSPS) is 26.1. The highest BCUT2D eigenvalue weighted by atomic mass is 16.5. The molecule has 0 aliphatic carbocycles. The molecule has 0 aromatic heterocycles. The lowest BCUT2D eigenvalue weighted by Gasteiger charge is -2.36. The van der Waals surface area contributed by atoms with Gasteiger partial charge in [-0.3, -0.25) is 0 Å². The van der Waals surface area contributed by atoms with Crippen LogP contribution in [0.1, 0.15) is 13.8 Å². The molecular weight excluding hydrogens is 200 g/mol. The molecule has 86 valence electrons. The van der Waals surface area contributed by atoms with E-state index < -0.39 is 18.1 Å². The SMILES string of the molecule is CCNC(=O)N1CCOC(C)C1C(=O)O. The minimum Gasteiger partial charge on any atom is -0.480 e. The third-order valence-corrected chi connectivity index (χ3v) is 2.34. The van der Waals surface area contributed by atoms with Crippen LogP contribution >= 0.6 is 0 Å². The van der Waals surface area contributed by atoms with E-state index in [1.165, 1.54) is 4.90 Å². The quantitative estimate of drug-likeness (QED) is 0.675. The Labute approximate surface area is 88.2 Å². The van der Waals surface area contributed by atoms with Crippen molar-refractivity contribution in [3.8, 4) is 0 Å². The second-order valence-corrected chi connectivity index (χ2v) is 3.39.